The smallest absolute Gasteiger partial charge is 0.233 e. The molecule has 0 aliphatic heterocycles. The summed E-state index contributed by atoms with van der Waals surface area (Å²) in [5.74, 6) is 0.714. The van der Waals surface area contributed by atoms with E-state index in [4.69, 9.17) is 11.6 Å². The van der Waals surface area contributed by atoms with Gasteiger partial charge in [0.15, 0.2) is 0 Å². The van der Waals surface area contributed by atoms with Gasteiger partial charge in [-0.15, -0.1) is 11.8 Å². The molecule has 162 valence electrons. The molecule has 0 N–H and O–H groups in total. The van der Waals surface area contributed by atoms with E-state index >= 15 is 0 Å². The minimum atomic E-state index is 0.233. The van der Waals surface area contributed by atoms with E-state index in [2.05, 4.69) is 46.0 Å². The van der Waals surface area contributed by atoms with Crippen LogP contribution in [0.25, 0.3) is 0 Å². The molecule has 5 heteroatoms. The summed E-state index contributed by atoms with van der Waals surface area (Å²) in [6, 6.07) is 22.7. The van der Waals surface area contributed by atoms with Crippen molar-refractivity contribution < 1.29 is 4.79 Å². The summed E-state index contributed by atoms with van der Waals surface area (Å²) in [5.41, 5.74) is 2.34. The van der Waals surface area contributed by atoms with Crippen molar-refractivity contribution in [2.45, 2.75) is 56.1 Å². The van der Waals surface area contributed by atoms with Crippen LogP contribution in [-0.4, -0.2) is 27.2 Å². The predicted octanol–water partition coefficient (Wildman–Crippen LogP) is 6.64. The third-order valence-corrected chi connectivity index (χ3v) is 7.17. The van der Waals surface area contributed by atoms with E-state index in [1.54, 1.807) is 11.8 Å². The molecule has 31 heavy (non-hydrogen) atoms. The lowest BCUT2D eigenvalue weighted by Crippen LogP contribution is -2.42. The Bertz CT molecular complexity index is 982. The molecule has 0 atom stereocenters. The van der Waals surface area contributed by atoms with E-state index in [-0.39, 0.29) is 5.91 Å². The highest BCUT2D eigenvalue weighted by Gasteiger charge is 2.26. The molecule has 0 saturated heterocycles. The molecule has 1 aliphatic carbocycles. The van der Waals surface area contributed by atoms with Crippen LogP contribution in [-0.2, 0) is 17.9 Å². The summed E-state index contributed by atoms with van der Waals surface area (Å²) in [7, 11) is 0. The van der Waals surface area contributed by atoms with Crippen LogP contribution < -0.4 is 0 Å². The maximum atomic E-state index is 13.3. The van der Waals surface area contributed by atoms with Gasteiger partial charge in [-0.25, -0.2) is 0 Å². The zero-order valence-electron chi connectivity index (χ0n) is 17.8. The molecule has 1 fully saturated rings. The Balaban J connectivity index is 1.48. The fourth-order valence-electron chi connectivity index (χ4n) is 4.31. The van der Waals surface area contributed by atoms with Gasteiger partial charge in [-0.1, -0.05) is 61.2 Å². The molecule has 2 aromatic carbocycles. The van der Waals surface area contributed by atoms with Gasteiger partial charge in [-0.05, 0) is 54.8 Å². The van der Waals surface area contributed by atoms with Crippen molar-refractivity contribution in [3.63, 3.8) is 0 Å². The standard InChI is InChI=1S/C26H29ClN2OS/c27-22-10-7-9-21(17-22)18-28-16-8-13-24(28)19-29(23-11-3-1-4-12-23)26(30)20-31-25-14-5-2-6-15-25/h2,5-10,13-17,23H,1,3-4,11-12,18-20H2. The Kier molecular flexibility index (Phi) is 7.76. The second-order valence-corrected chi connectivity index (χ2v) is 9.66. The summed E-state index contributed by atoms with van der Waals surface area (Å²) in [4.78, 5) is 16.6. The number of amides is 1. The predicted molar refractivity (Wildman–Crippen MR) is 130 cm³/mol. The van der Waals surface area contributed by atoms with Gasteiger partial charge >= 0.3 is 0 Å². The minimum absolute atomic E-state index is 0.233. The van der Waals surface area contributed by atoms with E-state index in [0.29, 0.717) is 18.3 Å². The fraction of sp³-hybridized carbons (Fsp3) is 0.346. The average molecular weight is 453 g/mol. The summed E-state index contributed by atoms with van der Waals surface area (Å²) in [6.07, 6.45) is 8.02. The van der Waals surface area contributed by atoms with E-state index in [0.717, 1.165) is 29.3 Å². The molecule has 1 saturated carbocycles. The van der Waals surface area contributed by atoms with Crippen molar-refractivity contribution in [1.82, 2.24) is 9.47 Å². The van der Waals surface area contributed by atoms with Gasteiger partial charge in [-0.2, -0.15) is 0 Å². The van der Waals surface area contributed by atoms with E-state index in [1.165, 1.54) is 30.5 Å². The number of halogens is 1. The molecule has 1 aromatic heterocycles. The number of thioether (sulfide) groups is 1. The molecule has 1 heterocycles. The van der Waals surface area contributed by atoms with Crippen LogP contribution in [0.3, 0.4) is 0 Å². The van der Waals surface area contributed by atoms with Gasteiger partial charge in [0.2, 0.25) is 5.91 Å². The molecular weight excluding hydrogens is 424 g/mol. The van der Waals surface area contributed by atoms with Gasteiger partial charge in [-0.3, -0.25) is 4.79 Å². The van der Waals surface area contributed by atoms with Gasteiger partial charge in [0, 0.05) is 34.4 Å². The van der Waals surface area contributed by atoms with Crippen molar-refractivity contribution in [2.75, 3.05) is 5.75 Å². The highest BCUT2D eigenvalue weighted by molar-refractivity contribution is 8.00. The Morgan fingerprint density at radius 1 is 1.00 bits per heavy atom. The van der Waals surface area contributed by atoms with Gasteiger partial charge in [0.05, 0.1) is 12.3 Å². The topological polar surface area (TPSA) is 25.2 Å². The van der Waals surface area contributed by atoms with Crippen LogP contribution in [0.15, 0.2) is 77.8 Å². The summed E-state index contributed by atoms with van der Waals surface area (Å²) >= 11 is 7.80. The van der Waals surface area contributed by atoms with E-state index in [9.17, 15) is 4.79 Å². The molecule has 1 aliphatic rings. The number of aromatic nitrogens is 1. The van der Waals surface area contributed by atoms with Crippen LogP contribution >= 0.6 is 23.4 Å². The first-order chi connectivity index (χ1) is 15.2. The van der Waals surface area contributed by atoms with Crippen molar-refractivity contribution in [2.24, 2.45) is 0 Å². The Morgan fingerprint density at radius 3 is 2.58 bits per heavy atom. The lowest BCUT2D eigenvalue weighted by Gasteiger charge is -2.34. The summed E-state index contributed by atoms with van der Waals surface area (Å²) < 4.78 is 2.24. The Morgan fingerprint density at radius 2 is 1.81 bits per heavy atom. The second kappa shape index (κ2) is 10.9. The monoisotopic (exact) mass is 452 g/mol. The van der Waals surface area contributed by atoms with Crippen molar-refractivity contribution in [1.29, 1.82) is 0 Å². The molecule has 3 aromatic rings. The maximum Gasteiger partial charge on any atom is 0.233 e. The zero-order chi connectivity index (χ0) is 21.5. The van der Waals surface area contributed by atoms with Crippen LogP contribution in [0.1, 0.15) is 43.4 Å². The number of carbonyl (C=O) groups excluding carboxylic acids is 1. The first-order valence-corrected chi connectivity index (χ1v) is 12.4. The molecular formula is C26H29ClN2OS. The number of rotatable bonds is 8. The minimum Gasteiger partial charge on any atom is -0.345 e. The third-order valence-electron chi connectivity index (χ3n) is 5.94. The average Bonchev–Trinajstić information content (AvgIpc) is 3.23. The molecule has 0 spiro atoms. The third kappa shape index (κ3) is 6.18. The van der Waals surface area contributed by atoms with Crippen LogP contribution in [0, 0.1) is 0 Å². The van der Waals surface area contributed by atoms with Crippen molar-refractivity contribution in [3.05, 3.63) is 89.2 Å². The fourth-order valence-corrected chi connectivity index (χ4v) is 5.33. The number of carbonyl (C=O) groups is 1. The van der Waals surface area contributed by atoms with Crippen molar-refractivity contribution in [3.8, 4) is 0 Å². The maximum absolute atomic E-state index is 13.3. The molecule has 4 rings (SSSR count). The van der Waals surface area contributed by atoms with Gasteiger partial charge < -0.3 is 9.47 Å². The highest BCUT2D eigenvalue weighted by Crippen LogP contribution is 2.26. The summed E-state index contributed by atoms with van der Waals surface area (Å²) in [5, 5.41) is 0.753. The number of benzene rings is 2. The lowest BCUT2D eigenvalue weighted by molar-refractivity contribution is -0.132. The zero-order valence-corrected chi connectivity index (χ0v) is 19.3. The first-order valence-electron chi connectivity index (χ1n) is 11.0. The summed E-state index contributed by atoms with van der Waals surface area (Å²) in [6.45, 7) is 1.42. The second-order valence-electron chi connectivity index (χ2n) is 8.17. The molecule has 0 unspecified atom stereocenters. The molecule has 0 radical (unpaired) electrons. The largest absolute Gasteiger partial charge is 0.345 e. The number of nitrogens with zero attached hydrogens (tertiary/aromatic N) is 2. The lowest BCUT2D eigenvalue weighted by atomic mass is 9.94. The Hall–Kier alpha value is -2.17. The first kappa shape index (κ1) is 22.0. The van der Waals surface area contributed by atoms with Crippen molar-refractivity contribution >= 4 is 29.3 Å². The van der Waals surface area contributed by atoms with Crippen LogP contribution in [0.5, 0.6) is 0 Å². The van der Waals surface area contributed by atoms with E-state index < -0.39 is 0 Å². The number of hydrogen-bond donors (Lipinski definition) is 0. The van der Waals surface area contributed by atoms with Gasteiger partial charge in [0.1, 0.15) is 0 Å². The molecule has 1 amide bonds. The van der Waals surface area contributed by atoms with Crippen LogP contribution in [0.2, 0.25) is 5.02 Å². The Labute approximate surface area is 194 Å². The molecule has 3 nitrogen and oxygen atoms in total. The normalized spacial score (nSPS) is 14.5. The van der Waals surface area contributed by atoms with Gasteiger partial charge in [0.25, 0.3) is 0 Å². The SMILES string of the molecule is O=C(CSc1ccccc1)N(Cc1cccn1Cc1cccc(Cl)c1)C1CCCCC1. The molecule has 0 bridgehead atoms. The van der Waals surface area contributed by atoms with Crippen LogP contribution in [0.4, 0.5) is 0 Å². The highest BCUT2D eigenvalue weighted by atomic mass is 35.5. The number of hydrogen-bond acceptors (Lipinski definition) is 2. The van der Waals surface area contributed by atoms with E-state index in [1.807, 2.05) is 36.4 Å². The quantitative estimate of drug-likeness (QED) is 0.358.